The van der Waals surface area contributed by atoms with E-state index in [2.05, 4.69) is 15.3 Å². The van der Waals surface area contributed by atoms with Gasteiger partial charge in [-0.2, -0.15) is 13.2 Å². The Labute approximate surface area is 162 Å². The molecule has 1 amide bonds. The maximum absolute atomic E-state index is 13.5. The normalized spacial score (nSPS) is 13.9. The van der Waals surface area contributed by atoms with Gasteiger partial charge in [0.25, 0.3) is 0 Å². The van der Waals surface area contributed by atoms with Crippen molar-refractivity contribution in [2.45, 2.75) is 25.1 Å². The lowest BCUT2D eigenvalue weighted by molar-refractivity contribution is -0.270. The van der Waals surface area contributed by atoms with Crippen molar-refractivity contribution in [2.24, 2.45) is 7.05 Å². The van der Waals surface area contributed by atoms with Crippen molar-refractivity contribution >= 4 is 22.9 Å². The van der Waals surface area contributed by atoms with Crippen LogP contribution in [0.5, 0.6) is 0 Å². The molecule has 2 aromatic heterocycles. The molecule has 3 aromatic rings. The first-order chi connectivity index (χ1) is 13.1. The topological polar surface area (TPSA) is 80.0 Å². The molecule has 0 saturated heterocycles. The Morgan fingerprint density at radius 2 is 2.11 bits per heavy atom. The minimum Gasteiger partial charge on any atom is -0.374 e. The summed E-state index contributed by atoms with van der Waals surface area (Å²) in [5.41, 5.74) is -1.67. The fraction of sp³-hybridized carbons (Fsp3) is 0.278. The van der Waals surface area contributed by atoms with Crippen molar-refractivity contribution in [3.63, 3.8) is 0 Å². The molecule has 1 atom stereocenters. The highest BCUT2D eigenvalue weighted by atomic mass is 32.1. The van der Waals surface area contributed by atoms with Gasteiger partial charge in [-0.15, -0.1) is 11.3 Å². The summed E-state index contributed by atoms with van der Waals surface area (Å²) in [6, 6.07) is 6.60. The van der Waals surface area contributed by atoms with Crippen LogP contribution < -0.4 is 5.32 Å². The molecule has 28 heavy (non-hydrogen) atoms. The first kappa shape index (κ1) is 20.0. The van der Waals surface area contributed by atoms with E-state index in [-0.39, 0.29) is 0 Å². The van der Waals surface area contributed by atoms with Crippen LogP contribution in [0.2, 0.25) is 0 Å². The van der Waals surface area contributed by atoms with Gasteiger partial charge in [0.1, 0.15) is 0 Å². The number of benzene rings is 1. The Morgan fingerprint density at radius 3 is 2.68 bits per heavy atom. The summed E-state index contributed by atoms with van der Waals surface area (Å²) >= 11 is 1.46. The number of nitrogens with zero attached hydrogens (tertiary/aromatic N) is 3. The number of hydrogen-bond acceptors (Lipinski definition) is 5. The summed E-state index contributed by atoms with van der Waals surface area (Å²) in [6.45, 7) is 1.86. The van der Waals surface area contributed by atoms with E-state index < -0.39 is 29.9 Å². The minimum absolute atomic E-state index is 0.303. The van der Waals surface area contributed by atoms with E-state index in [0.717, 1.165) is 21.3 Å². The molecular weight excluding hydrogens is 393 g/mol. The van der Waals surface area contributed by atoms with E-state index in [9.17, 15) is 23.1 Å². The number of carbonyl (C=O) groups is 1. The highest BCUT2D eigenvalue weighted by molar-refractivity contribution is 7.09. The molecule has 0 fully saturated rings. The van der Waals surface area contributed by atoms with Gasteiger partial charge in [-0.05, 0) is 19.1 Å². The van der Waals surface area contributed by atoms with Crippen LogP contribution >= 0.6 is 11.3 Å². The maximum Gasteiger partial charge on any atom is 0.425 e. The van der Waals surface area contributed by atoms with Crippen molar-refractivity contribution in [1.29, 1.82) is 0 Å². The van der Waals surface area contributed by atoms with Crippen molar-refractivity contribution in [1.82, 2.24) is 14.5 Å². The van der Waals surface area contributed by atoms with E-state index in [1.54, 1.807) is 24.3 Å². The Hall–Kier alpha value is -2.72. The molecule has 10 heteroatoms. The molecule has 0 spiro atoms. The number of aromatic nitrogens is 3. The molecule has 0 aliphatic rings. The number of imidazole rings is 1. The van der Waals surface area contributed by atoms with Crippen molar-refractivity contribution in [3.05, 3.63) is 52.9 Å². The summed E-state index contributed by atoms with van der Waals surface area (Å²) in [7, 11) is 1.32. The van der Waals surface area contributed by atoms with E-state index >= 15 is 0 Å². The van der Waals surface area contributed by atoms with Crippen LogP contribution in [0.3, 0.4) is 0 Å². The molecule has 1 unspecified atom stereocenters. The zero-order chi connectivity index (χ0) is 20.5. The second-order valence-electron chi connectivity index (χ2n) is 6.28. The molecule has 0 bridgehead atoms. The van der Waals surface area contributed by atoms with Gasteiger partial charge in [0.05, 0.1) is 17.1 Å². The summed E-state index contributed by atoms with van der Waals surface area (Å²) in [6.07, 6.45) is -3.91. The molecule has 148 valence electrons. The molecule has 0 aliphatic carbocycles. The first-order valence-electron chi connectivity index (χ1n) is 8.19. The van der Waals surface area contributed by atoms with Gasteiger partial charge in [0, 0.05) is 36.1 Å². The lowest BCUT2D eigenvalue weighted by atomic mass is 9.97. The van der Waals surface area contributed by atoms with Gasteiger partial charge in [-0.3, -0.25) is 4.79 Å². The molecule has 6 nitrogen and oxygen atoms in total. The Balaban J connectivity index is 1.82. The number of thiazole rings is 1. The third kappa shape index (κ3) is 3.92. The SMILES string of the molecule is Cc1nc(-c2cccc(NC(=O)CC(O)(c3nccn3C)C(F)(F)F)c2)cs1. The van der Waals surface area contributed by atoms with Gasteiger partial charge in [-0.25, -0.2) is 9.97 Å². The van der Waals surface area contributed by atoms with E-state index in [1.165, 1.54) is 24.6 Å². The van der Waals surface area contributed by atoms with E-state index in [1.807, 2.05) is 12.3 Å². The third-order valence-electron chi connectivity index (χ3n) is 4.14. The fourth-order valence-electron chi connectivity index (χ4n) is 2.76. The summed E-state index contributed by atoms with van der Waals surface area (Å²) < 4.78 is 41.7. The molecule has 3 rings (SSSR count). The van der Waals surface area contributed by atoms with Gasteiger partial charge < -0.3 is 15.0 Å². The molecule has 0 radical (unpaired) electrons. The highest BCUT2D eigenvalue weighted by Crippen LogP contribution is 2.41. The minimum atomic E-state index is -5.08. The van der Waals surface area contributed by atoms with Crippen molar-refractivity contribution in [3.8, 4) is 11.3 Å². The number of nitrogens with one attached hydrogen (secondary N) is 1. The van der Waals surface area contributed by atoms with Crippen LogP contribution in [-0.2, 0) is 17.4 Å². The van der Waals surface area contributed by atoms with Crippen LogP contribution in [0.15, 0.2) is 42.0 Å². The molecule has 0 saturated carbocycles. The van der Waals surface area contributed by atoms with Crippen molar-refractivity contribution < 1.29 is 23.1 Å². The molecule has 2 heterocycles. The largest absolute Gasteiger partial charge is 0.425 e. The zero-order valence-corrected chi connectivity index (χ0v) is 15.8. The van der Waals surface area contributed by atoms with Crippen LogP contribution in [0.1, 0.15) is 17.3 Å². The number of aliphatic hydroxyl groups is 1. The predicted octanol–water partition coefficient (Wildman–Crippen LogP) is 3.63. The fourth-order valence-corrected chi connectivity index (χ4v) is 3.38. The van der Waals surface area contributed by atoms with Crippen LogP contribution in [0.25, 0.3) is 11.3 Å². The number of amides is 1. The number of anilines is 1. The molecule has 1 aromatic carbocycles. The summed E-state index contributed by atoms with van der Waals surface area (Å²) in [5.74, 6) is -1.64. The standard InChI is InChI=1S/C18H17F3N4O2S/c1-11-23-14(10-28-11)12-4-3-5-13(8-12)24-15(26)9-17(27,18(19,20)21)16-22-6-7-25(16)2/h3-8,10,27H,9H2,1-2H3,(H,24,26). The Morgan fingerprint density at radius 1 is 1.36 bits per heavy atom. The zero-order valence-electron chi connectivity index (χ0n) is 15.0. The van der Waals surface area contributed by atoms with Crippen LogP contribution in [0.4, 0.5) is 18.9 Å². The first-order valence-corrected chi connectivity index (χ1v) is 9.07. The lowest BCUT2D eigenvalue weighted by Gasteiger charge is -2.29. The lowest BCUT2D eigenvalue weighted by Crippen LogP contribution is -2.46. The maximum atomic E-state index is 13.5. The second kappa shape index (κ2) is 7.36. The van der Waals surface area contributed by atoms with Gasteiger partial charge in [0.2, 0.25) is 11.5 Å². The van der Waals surface area contributed by atoms with Gasteiger partial charge in [-0.1, -0.05) is 12.1 Å². The van der Waals surface area contributed by atoms with Crippen molar-refractivity contribution in [2.75, 3.05) is 5.32 Å². The van der Waals surface area contributed by atoms with Gasteiger partial charge in [0.15, 0.2) is 5.82 Å². The van der Waals surface area contributed by atoms with Gasteiger partial charge >= 0.3 is 6.18 Å². The molecule has 0 aliphatic heterocycles. The van der Waals surface area contributed by atoms with E-state index in [0.29, 0.717) is 11.4 Å². The smallest absolute Gasteiger partial charge is 0.374 e. The number of aryl methyl sites for hydroxylation is 2. The number of halogens is 3. The quantitative estimate of drug-likeness (QED) is 0.673. The summed E-state index contributed by atoms with van der Waals surface area (Å²) in [4.78, 5) is 20.2. The monoisotopic (exact) mass is 410 g/mol. The number of hydrogen-bond donors (Lipinski definition) is 2. The van der Waals surface area contributed by atoms with Crippen LogP contribution in [-0.4, -0.2) is 31.7 Å². The third-order valence-corrected chi connectivity index (χ3v) is 4.91. The molecule has 2 N–H and O–H groups in total. The molecular formula is C18H17F3N4O2S. The average molecular weight is 410 g/mol. The second-order valence-corrected chi connectivity index (χ2v) is 7.34. The van der Waals surface area contributed by atoms with Crippen LogP contribution in [0, 0.1) is 6.92 Å². The highest BCUT2D eigenvalue weighted by Gasteiger charge is 2.58. The Bertz CT molecular complexity index is 999. The predicted molar refractivity (Wildman–Crippen MR) is 98.7 cm³/mol. The van der Waals surface area contributed by atoms with E-state index in [4.69, 9.17) is 0 Å². The Kier molecular flexibility index (Phi) is 5.26. The average Bonchev–Trinajstić information content (AvgIpc) is 3.22. The number of rotatable bonds is 5. The number of alkyl halides is 3. The number of carbonyl (C=O) groups excluding carboxylic acids is 1. The summed E-state index contributed by atoms with van der Waals surface area (Å²) in [5, 5.41) is 15.4.